The number of rotatable bonds is 10. The third-order valence-corrected chi connectivity index (χ3v) is 7.59. The Labute approximate surface area is 226 Å². The molecule has 9 heteroatoms. The van der Waals surface area contributed by atoms with Gasteiger partial charge in [-0.15, -0.1) is 0 Å². The molecule has 2 rings (SSSR count). The predicted octanol–water partition coefficient (Wildman–Crippen LogP) is 4.10. The number of carboxylic acid groups (broad SMARTS) is 1. The molecule has 38 heavy (non-hydrogen) atoms. The Morgan fingerprint density at radius 3 is 1.95 bits per heavy atom. The molecule has 1 saturated heterocycles. The predicted molar refractivity (Wildman–Crippen MR) is 146 cm³/mol. The molecule has 2 unspecified atom stereocenters. The fraction of sp³-hybridized carbons (Fsp3) is 0.655. The van der Waals surface area contributed by atoms with Crippen LogP contribution in [0.4, 0.5) is 4.79 Å². The van der Waals surface area contributed by atoms with Gasteiger partial charge in [-0.25, -0.2) is 9.59 Å². The van der Waals surface area contributed by atoms with Crippen molar-refractivity contribution in [1.29, 1.82) is 0 Å². The summed E-state index contributed by atoms with van der Waals surface area (Å²) in [6.45, 7) is 13.5. The second kappa shape index (κ2) is 13.1. The van der Waals surface area contributed by atoms with E-state index in [4.69, 9.17) is 4.74 Å². The molecule has 1 aliphatic rings. The number of aliphatic carboxylic acids is 1. The summed E-state index contributed by atoms with van der Waals surface area (Å²) in [7, 11) is 0. The van der Waals surface area contributed by atoms with Gasteiger partial charge in [0.25, 0.3) is 0 Å². The molecule has 4 atom stereocenters. The molecule has 0 spiro atoms. The molecule has 1 aromatic carbocycles. The standard InChI is InChI=1S/C29H45N3O6/c1-8-19(3)22(24(33)30-23(25(34)35)20(4)9-2)31-26(36)29(21-13-11-10-12-14-21)15-17-32(18-16-29)27(37)38-28(5,6)7/h10-14,19-20,22-23H,8-9,15-18H2,1-7H3,(H,30,33)(H,31,36)(H,34,35)/t19?,20?,22-,23-/m0/s1. The highest BCUT2D eigenvalue weighted by molar-refractivity contribution is 5.94. The molecular formula is C29H45N3O6. The van der Waals surface area contributed by atoms with E-state index in [2.05, 4.69) is 10.6 Å². The maximum absolute atomic E-state index is 14.0. The van der Waals surface area contributed by atoms with Gasteiger partial charge in [0.05, 0.1) is 5.41 Å². The van der Waals surface area contributed by atoms with E-state index >= 15 is 0 Å². The molecule has 1 aliphatic heterocycles. The zero-order valence-electron chi connectivity index (χ0n) is 23.9. The first-order valence-corrected chi connectivity index (χ1v) is 13.6. The zero-order valence-corrected chi connectivity index (χ0v) is 23.9. The molecule has 0 saturated carbocycles. The largest absolute Gasteiger partial charge is 0.480 e. The smallest absolute Gasteiger partial charge is 0.410 e. The number of likely N-dealkylation sites (tertiary alicyclic amines) is 1. The van der Waals surface area contributed by atoms with Gasteiger partial charge in [0.15, 0.2) is 0 Å². The van der Waals surface area contributed by atoms with Crippen LogP contribution in [0.3, 0.4) is 0 Å². The van der Waals surface area contributed by atoms with Crippen LogP contribution in [0.25, 0.3) is 0 Å². The van der Waals surface area contributed by atoms with Gasteiger partial charge in [0.2, 0.25) is 11.8 Å². The van der Waals surface area contributed by atoms with Gasteiger partial charge in [-0.05, 0) is 51.0 Å². The van der Waals surface area contributed by atoms with E-state index in [0.29, 0.717) is 38.8 Å². The van der Waals surface area contributed by atoms with Crippen molar-refractivity contribution in [2.45, 2.75) is 97.2 Å². The molecule has 3 amide bonds. The third-order valence-electron chi connectivity index (χ3n) is 7.59. The van der Waals surface area contributed by atoms with Crippen LogP contribution in [0.15, 0.2) is 30.3 Å². The number of amides is 3. The summed E-state index contributed by atoms with van der Waals surface area (Å²) in [6.07, 6.45) is 1.51. The minimum Gasteiger partial charge on any atom is -0.480 e. The molecule has 0 aromatic heterocycles. The van der Waals surface area contributed by atoms with E-state index < -0.39 is 41.1 Å². The number of hydrogen-bond donors (Lipinski definition) is 3. The minimum absolute atomic E-state index is 0.222. The first-order valence-electron chi connectivity index (χ1n) is 13.6. The van der Waals surface area contributed by atoms with Gasteiger partial charge >= 0.3 is 12.1 Å². The molecule has 1 fully saturated rings. The summed E-state index contributed by atoms with van der Waals surface area (Å²) in [4.78, 5) is 53.5. The van der Waals surface area contributed by atoms with Gasteiger partial charge in [-0.1, -0.05) is 70.9 Å². The first-order chi connectivity index (χ1) is 17.8. The topological polar surface area (TPSA) is 125 Å². The van der Waals surface area contributed by atoms with Crippen LogP contribution in [0.5, 0.6) is 0 Å². The van der Waals surface area contributed by atoms with Crippen molar-refractivity contribution in [3.05, 3.63) is 35.9 Å². The van der Waals surface area contributed by atoms with Crippen LogP contribution in [-0.2, 0) is 24.5 Å². The first kappa shape index (κ1) is 31.1. The number of nitrogens with zero attached hydrogens (tertiary/aromatic N) is 1. The van der Waals surface area contributed by atoms with Crippen molar-refractivity contribution >= 4 is 23.9 Å². The number of carbonyl (C=O) groups is 4. The van der Waals surface area contributed by atoms with Crippen molar-refractivity contribution in [3.8, 4) is 0 Å². The summed E-state index contributed by atoms with van der Waals surface area (Å²) >= 11 is 0. The van der Waals surface area contributed by atoms with E-state index in [0.717, 1.165) is 5.56 Å². The molecule has 1 aromatic rings. The molecule has 0 bridgehead atoms. The molecule has 0 radical (unpaired) electrons. The van der Waals surface area contributed by atoms with Gasteiger partial charge in [0.1, 0.15) is 17.7 Å². The van der Waals surface area contributed by atoms with E-state index in [1.807, 2.05) is 71.9 Å². The van der Waals surface area contributed by atoms with E-state index in [1.54, 1.807) is 11.8 Å². The van der Waals surface area contributed by atoms with Crippen LogP contribution in [0.2, 0.25) is 0 Å². The lowest BCUT2D eigenvalue weighted by atomic mass is 9.71. The number of hydrogen-bond acceptors (Lipinski definition) is 5. The number of benzene rings is 1. The van der Waals surface area contributed by atoms with Gasteiger partial charge < -0.3 is 25.4 Å². The Hall–Kier alpha value is -3.10. The molecular weight excluding hydrogens is 486 g/mol. The summed E-state index contributed by atoms with van der Waals surface area (Å²) < 4.78 is 5.52. The van der Waals surface area contributed by atoms with Crippen molar-refractivity contribution in [1.82, 2.24) is 15.5 Å². The van der Waals surface area contributed by atoms with Crippen molar-refractivity contribution < 1.29 is 29.0 Å². The van der Waals surface area contributed by atoms with Crippen LogP contribution >= 0.6 is 0 Å². The van der Waals surface area contributed by atoms with Crippen molar-refractivity contribution in [2.24, 2.45) is 11.8 Å². The van der Waals surface area contributed by atoms with Crippen molar-refractivity contribution in [3.63, 3.8) is 0 Å². The average Bonchev–Trinajstić information content (AvgIpc) is 2.88. The molecule has 9 nitrogen and oxygen atoms in total. The Bertz CT molecular complexity index is 966. The average molecular weight is 532 g/mol. The highest BCUT2D eigenvalue weighted by atomic mass is 16.6. The highest BCUT2D eigenvalue weighted by Gasteiger charge is 2.46. The Balaban J connectivity index is 2.32. The quantitative estimate of drug-likeness (QED) is 0.417. The summed E-state index contributed by atoms with van der Waals surface area (Å²) in [5.41, 5.74) is -0.760. The second-order valence-electron chi connectivity index (χ2n) is 11.5. The van der Waals surface area contributed by atoms with Crippen LogP contribution in [0.1, 0.15) is 79.7 Å². The summed E-state index contributed by atoms with van der Waals surface area (Å²) in [5.74, 6) is -2.40. The fourth-order valence-electron chi connectivity index (χ4n) is 4.71. The lowest BCUT2D eigenvalue weighted by Gasteiger charge is -2.42. The van der Waals surface area contributed by atoms with E-state index in [-0.39, 0.29) is 17.7 Å². The monoisotopic (exact) mass is 531 g/mol. The number of ether oxygens (including phenoxy) is 1. The fourth-order valence-corrected chi connectivity index (χ4v) is 4.71. The number of nitrogens with one attached hydrogen (secondary N) is 2. The van der Waals surface area contributed by atoms with Gasteiger partial charge in [-0.2, -0.15) is 0 Å². The third kappa shape index (κ3) is 7.71. The Morgan fingerprint density at radius 2 is 1.47 bits per heavy atom. The Morgan fingerprint density at radius 1 is 0.947 bits per heavy atom. The maximum Gasteiger partial charge on any atom is 0.410 e. The number of carboxylic acids is 1. The maximum atomic E-state index is 14.0. The SMILES string of the molecule is CCC(C)[C@H](NC(=O)[C@@H](NC(=O)C1(c2ccccc2)CCN(C(=O)OC(C)(C)C)CC1)C(C)CC)C(=O)O. The minimum atomic E-state index is -1.10. The van der Waals surface area contributed by atoms with Crippen LogP contribution in [-0.4, -0.2) is 64.7 Å². The van der Waals surface area contributed by atoms with Crippen molar-refractivity contribution in [2.75, 3.05) is 13.1 Å². The normalized spacial score (nSPS) is 18.4. The molecule has 212 valence electrons. The van der Waals surface area contributed by atoms with E-state index in [1.165, 1.54) is 0 Å². The molecule has 1 heterocycles. The summed E-state index contributed by atoms with van der Waals surface area (Å²) in [6, 6.07) is 7.45. The van der Waals surface area contributed by atoms with Crippen LogP contribution < -0.4 is 10.6 Å². The zero-order chi connectivity index (χ0) is 28.7. The number of carbonyl (C=O) groups excluding carboxylic acids is 3. The molecule has 3 N–H and O–H groups in total. The second-order valence-corrected chi connectivity index (χ2v) is 11.5. The summed E-state index contributed by atoms with van der Waals surface area (Å²) in [5, 5.41) is 15.3. The van der Waals surface area contributed by atoms with E-state index in [9.17, 15) is 24.3 Å². The lowest BCUT2D eigenvalue weighted by Crippen LogP contribution is -2.60. The van der Waals surface area contributed by atoms with Gasteiger partial charge in [-0.3, -0.25) is 9.59 Å². The molecule has 0 aliphatic carbocycles. The highest BCUT2D eigenvalue weighted by Crippen LogP contribution is 2.37. The lowest BCUT2D eigenvalue weighted by molar-refractivity contribution is -0.144. The Kier molecular flexibility index (Phi) is 10.7. The van der Waals surface area contributed by atoms with Gasteiger partial charge in [0, 0.05) is 13.1 Å². The number of piperidine rings is 1. The van der Waals surface area contributed by atoms with Crippen LogP contribution in [0, 0.1) is 11.8 Å².